The molecule has 0 radical (unpaired) electrons. The molecule has 0 bridgehead atoms. The Labute approximate surface area is 68.2 Å². The van der Waals surface area contributed by atoms with E-state index in [1.54, 1.807) is 0 Å². The fourth-order valence-electron chi connectivity index (χ4n) is 0. The number of rotatable bonds is 2. The molecule has 0 aliphatic carbocycles. The summed E-state index contributed by atoms with van der Waals surface area (Å²) in [4.78, 5) is 18.7. The molecular weight excluding hydrogens is 176 g/mol. The molecule has 0 saturated heterocycles. The third kappa shape index (κ3) is 17.6. The summed E-state index contributed by atoms with van der Waals surface area (Å²) in [5.41, 5.74) is 0. The predicted octanol–water partition coefficient (Wildman–Crippen LogP) is -0.238. The molecule has 0 amide bonds. The highest BCUT2D eigenvalue weighted by Crippen LogP contribution is 1.73. The molecule has 0 rings (SSSR count). The van der Waals surface area contributed by atoms with Gasteiger partial charge in [-0.15, -0.1) is 11.6 Å². The van der Waals surface area contributed by atoms with Crippen LogP contribution in [-0.4, -0.2) is 39.2 Å². The molecule has 6 heteroatoms. The van der Waals surface area contributed by atoms with E-state index in [2.05, 4.69) is 0 Å². The lowest BCUT2D eigenvalue weighted by atomic mass is 10.4. The molecule has 11 heavy (non-hydrogen) atoms. The predicted molar refractivity (Wildman–Crippen MR) is 37.7 cm³/mol. The van der Waals surface area contributed by atoms with Gasteiger partial charge in [0.2, 0.25) is 0 Å². The Morgan fingerprint density at radius 1 is 1.45 bits per heavy atom. The second-order valence-electron chi connectivity index (χ2n) is 1.54. The van der Waals surface area contributed by atoms with Crippen LogP contribution in [0, 0.1) is 0 Å². The number of aliphatic hydroxyl groups excluding tert-OH is 1. The van der Waals surface area contributed by atoms with Gasteiger partial charge in [-0.25, -0.2) is 4.79 Å². The largest absolute Gasteiger partial charge is 0.480 e. The van der Waals surface area contributed by atoms with E-state index in [9.17, 15) is 9.59 Å². The van der Waals surface area contributed by atoms with E-state index in [1.165, 1.54) is 6.92 Å². The van der Waals surface area contributed by atoms with Crippen LogP contribution in [-0.2, 0) is 9.59 Å². The number of aliphatic hydroxyl groups is 1. The van der Waals surface area contributed by atoms with Gasteiger partial charge in [-0.2, -0.15) is 0 Å². The van der Waals surface area contributed by atoms with Crippen LogP contribution < -0.4 is 0 Å². The van der Waals surface area contributed by atoms with Crippen LogP contribution in [0.4, 0.5) is 0 Å². The Balaban J connectivity index is 0. The Kier molecular flexibility index (Phi) is 8.51. The maximum Gasteiger partial charge on any atom is 0.332 e. The van der Waals surface area contributed by atoms with E-state index < -0.39 is 18.0 Å². The molecule has 0 aliphatic rings. The Morgan fingerprint density at radius 2 is 1.64 bits per heavy atom. The fourth-order valence-corrected chi connectivity index (χ4v) is 0. The number of carboxylic acid groups (broad SMARTS) is 2. The first kappa shape index (κ1) is 12.8. The number of carbonyl (C=O) groups is 2. The van der Waals surface area contributed by atoms with E-state index in [4.69, 9.17) is 26.9 Å². The zero-order chi connectivity index (χ0) is 9.44. The summed E-state index contributed by atoms with van der Waals surface area (Å²) in [5.74, 6) is -2.47. The lowest BCUT2D eigenvalue weighted by Crippen LogP contribution is -2.13. The lowest BCUT2D eigenvalue weighted by Gasteiger charge is -1.89. The van der Waals surface area contributed by atoms with Crippen molar-refractivity contribution in [2.75, 3.05) is 5.88 Å². The number of carboxylic acids is 2. The molecule has 0 aromatic heterocycles. The van der Waals surface area contributed by atoms with Crippen molar-refractivity contribution in [3.8, 4) is 0 Å². The Hall–Kier alpha value is -0.810. The quantitative estimate of drug-likeness (QED) is 0.515. The van der Waals surface area contributed by atoms with Crippen LogP contribution in [0.25, 0.3) is 0 Å². The van der Waals surface area contributed by atoms with E-state index in [1.807, 2.05) is 0 Å². The van der Waals surface area contributed by atoms with Gasteiger partial charge in [-0.3, -0.25) is 4.79 Å². The van der Waals surface area contributed by atoms with Gasteiger partial charge in [0.05, 0.1) is 0 Å². The molecule has 3 N–H and O–H groups in total. The van der Waals surface area contributed by atoms with Crippen LogP contribution in [0.15, 0.2) is 0 Å². The topological polar surface area (TPSA) is 94.8 Å². The second-order valence-corrected chi connectivity index (χ2v) is 1.81. The average molecular weight is 185 g/mol. The van der Waals surface area contributed by atoms with Gasteiger partial charge >= 0.3 is 11.9 Å². The molecule has 0 aromatic rings. The highest BCUT2D eigenvalue weighted by molar-refractivity contribution is 6.26. The van der Waals surface area contributed by atoms with Gasteiger partial charge < -0.3 is 15.3 Å². The summed E-state index contributed by atoms with van der Waals surface area (Å²) >= 11 is 4.74. The third-order valence-corrected chi connectivity index (χ3v) is 0.700. The van der Waals surface area contributed by atoms with Gasteiger partial charge in [0.15, 0.2) is 0 Å². The molecule has 66 valence electrons. The first-order chi connectivity index (χ1) is 4.91. The summed E-state index contributed by atoms with van der Waals surface area (Å²) in [6.07, 6.45) is -1.23. The van der Waals surface area contributed by atoms with E-state index in [0.29, 0.717) is 0 Å². The molecule has 0 saturated carbocycles. The zero-order valence-corrected chi connectivity index (χ0v) is 6.58. The summed E-state index contributed by atoms with van der Waals surface area (Å²) in [7, 11) is 0. The number of hydrogen-bond donors (Lipinski definition) is 3. The average Bonchev–Trinajstić information content (AvgIpc) is 1.89. The smallest absolute Gasteiger partial charge is 0.332 e. The van der Waals surface area contributed by atoms with Crippen molar-refractivity contribution >= 4 is 23.5 Å². The first-order valence-electron chi connectivity index (χ1n) is 2.60. The molecule has 0 aliphatic heterocycles. The van der Waals surface area contributed by atoms with Gasteiger partial charge in [-0.1, -0.05) is 0 Å². The first-order valence-corrected chi connectivity index (χ1v) is 3.14. The highest BCUT2D eigenvalue weighted by Gasteiger charge is 2.01. The normalized spacial score (nSPS) is 10.8. The van der Waals surface area contributed by atoms with Crippen molar-refractivity contribution in [2.45, 2.75) is 13.0 Å². The van der Waals surface area contributed by atoms with Crippen molar-refractivity contribution < 1.29 is 24.9 Å². The van der Waals surface area contributed by atoms with Crippen LogP contribution in [0.5, 0.6) is 0 Å². The molecule has 0 spiro atoms. The summed E-state index contributed by atoms with van der Waals surface area (Å²) in [6.45, 7) is 1.20. The molecule has 0 heterocycles. The fraction of sp³-hybridized carbons (Fsp3) is 0.600. The summed E-state index contributed by atoms with van der Waals surface area (Å²) in [6, 6.07) is 0. The molecule has 1 unspecified atom stereocenters. The zero-order valence-electron chi connectivity index (χ0n) is 5.82. The number of aliphatic carboxylic acids is 2. The van der Waals surface area contributed by atoms with Crippen LogP contribution in [0.2, 0.25) is 0 Å². The van der Waals surface area contributed by atoms with Crippen molar-refractivity contribution in [1.29, 1.82) is 0 Å². The summed E-state index contributed by atoms with van der Waals surface area (Å²) in [5, 5.41) is 23.4. The lowest BCUT2D eigenvalue weighted by molar-refractivity contribution is -0.145. The number of alkyl halides is 1. The minimum Gasteiger partial charge on any atom is -0.480 e. The number of hydrogen-bond acceptors (Lipinski definition) is 3. The van der Waals surface area contributed by atoms with Gasteiger partial charge in [0.1, 0.15) is 12.0 Å². The Bertz CT molecular complexity index is 133. The maximum absolute atomic E-state index is 9.45. The highest BCUT2D eigenvalue weighted by atomic mass is 35.5. The van der Waals surface area contributed by atoms with Crippen molar-refractivity contribution in [2.24, 2.45) is 0 Å². The minimum absolute atomic E-state index is 0.306. The van der Waals surface area contributed by atoms with E-state index in [-0.39, 0.29) is 5.88 Å². The van der Waals surface area contributed by atoms with Gasteiger partial charge in [0.25, 0.3) is 0 Å². The maximum atomic E-state index is 9.45. The molecule has 0 aromatic carbocycles. The standard InChI is InChI=1S/C3H6O3.C2H3ClO2/c1-2(4)3(5)6;3-1-2(4)5/h2,4H,1H3,(H,5,6);1H2,(H,4,5). The van der Waals surface area contributed by atoms with Crippen LogP contribution >= 0.6 is 11.6 Å². The monoisotopic (exact) mass is 184 g/mol. The Morgan fingerprint density at radius 3 is 1.64 bits per heavy atom. The van der Waals surface area contributed by atoms with Gasteiger partial charge in [0, 0.05) is 0 Å². The van der Waals surface area contributed by atoms with Gasteiger partial charge in [-0.05, 0) is 6.92 Å². The van der Waals surface area contributed by atoms with E-state index in [0.717, 1.165) is 0 Å². The minimum atomic E-state index is -1.23. The SMILES string of the molecule is CC(O)C(=O)O.O=C(O)CCl. The van der Waals surface area contributed by atoms with Crippen molar-refractivity contribution in [3.05, 3.63) is 0 Å². The van der Waals surface area contributed by atoms with Crippen molar-refractivity contribution in [1.82, 2.24) is 0 Å². The second kappa shape index (κ2) is 7.30. The molecule has 5 nitrogen and oxygen atoms in total. The van der Waals surface area contributed by atoms with Crippen LogP contribution in [0.1, 0.15) is 6.92 Å². The van der Waals surface area contributed by atoms with Crippen LogP contribution in [0.3, 0.4) is 0 Å². The third-order valence-electron chi connectivity index (χ3n) is 0.472. The molecule has 0 fully saturated rings. The molecular formula is C5H9ClO5. The van der Waals surface area contributed by atoms with E-state index >= 15 is 0 Å². The van der Waals surface area contributed by atoms with Crippen molar-refractivity contribution in [3.63, 3.8) is 0 Å². The summed E-state index contributed by atoms with van der Waals surface area (Å²) < 4.78 is 0. The number of halogens is 1. The molecule has 1 atom stereocenters.